The van der Waals surface area contributed by atoms with Gasteiger partial charge < -0.3 is 19.2 Å². The van der Waals surface area contributed by atoms with Crippen molar-refractivity contribution >= 4 is 22.8 Å². The summed E-state index contributed by atoms with van der Waals surface area (Å²) >= 11 is 0. The van der Waals surface area contributed by atoms with E-state index in [2.05, 4.69) is 0 Å². The van der Waals surface area contributed by atoms with E-state index < -0.39 is 11.4 Å². The minimum atomic E-state index is -0.853. The number of hydrogen-bond acceptors (Lipinski definition) is 4. The summed E-state index contributed by atoms with van der Waals surface area (Å²) in [6.07, 6.45) is 2.26. The van der Waals surface area contributed by atoms with Crippen LogP contribution in [0.15, 0.2) is 28.9 Å². The number of methoxy groups -OCH3 is 1. The number of carboxylic acids is 1. The Hall–Kier alpha value is -2.50. The SMILES string of the molecule is COc1ccc2c(CC(=O)N3CCC(C)(C(=O)O)C3)coc2c1. The molecular weight excluding hydrogens is 298 g/mol. The minimum Gasteiger partial charge on any atom is -0.497 e. The molecule has 6 nitrogen and oxygen atoms in total. The number of nitrogens with zero attached hydrogens (tertiary/aromatic N) is 1. The molecule has 2 aromatic rings. The molecule has 1 N–H and O–H groups in total. The fraction of sp³-hybridized carbons (Fsp3) is 0.412. The molecule has 122 valence electrons. The van der Waals surface area contributed by atoms with E-state index in [1.165, 1.54) is 0 Å². The van der Waals surface area contributed by atoms with Crippen LogP contribution in [0.4, 0.5) is 0 Å². The molecule has 1 aliphatic rings. The van der Waals surface area contributed by atoms with E-state index in [0.717, 1.165) is 10.9 Å². The van der Waals surface area contributed by atoms with Gasteiger partial charge >= 0.3 is 5.97 Å². The molecule has 1 aromatic heterocycles. The molecule has 1 fully saturated rings. The van der Waals surface area contributed by atoms with Crippen LogP contribution in [-0.2, 0) is 16.0 Å². The van der Waals surface area contributed by atoms with E-state index in [0.29, 0.717) is 24.3 Å². The zero-order valence-corrected chi connectivity index (χ0v) is 13.2. The molecule has 0 bridgehead atoms. The van der Waals surface area contributed by atoms with Gasteiger partial charge in [-0.2, -0.15) is 0 Å². The number of hydrogen-bond donors (Lipinski definition) is 1. The molecule has 3 rings (SSSR count). The van der Waals surface area contributed by atoms with Gasteiger partial charge in [-0.1, -0.05) is 0 Å². The third-order valence-electron chi connectivity index (χ3n) is 4.55. The summed E-state index contributed by atoms with van der Waals surface area (Å²) in [7, 11) is 1.58. The van der Waals surface area contributed by atoms with Crippen molar-refractivity contribution in [2.24, 2.45) is 5.41 Å². The molecule has 0 aliphatic carbocycles. The van der Waals surface area contributed by atoms with Crippen molar-refractivity contribution < 1.29 is 23.8 Å². The fourth-order valence-electron chi connectivity index (χ4n) is 2.95. The standard InChI is InChI=1S/C17H19NO5/c1-17(16(20)21)5-6-18(10-17)15(19)7-11-9-23-14-8-12(22-2)3-4-13(11)14/h3-4,8-9H,5-7,10H2,1-2H3,(H,20,21). The molecule has 0 radical (unpaired) electrons. The Morgan fingerprint density at radius 3 is 2.87 bits per heavy atom. The maximum absolute atomic E-state index is 12.5. The van der Waals surface area contributed by atoms with Crippen molar-refractivity contribution in [3.63, 3.8) is 0 Å². The van der Waals surface area contributed by atoms with Crippen LogP contribution in [0.3, 0.4) is 0 Å². The van der Waals surface area contributed by atoms with Gasteiger partial charge in [-0.3, -0.25) is 9.59 Å². The van der Waals surface area contributed by atoms with E-state index in [-0.39, 0.29) is 18.9 Å². The predicted octanol–water partition coefficient (Wildman–Crippen LogP) is 2.31. The van der Waals surface area contributed by atoms with Gasteiger partial charge in [0.1, 0.15) is 11.3 Å². The highest BCUT2D eigenvalue weighted by Gasteiger charge is 2.42. The summed E-state index contributed by atoms with van der Waals surface area (Å²) in [6, 6.07) is 5.47. The van der Waals surface area contributed by atoms with Crippen molar-refractivity contribution in [3.05, 3.63) is 30.0 Å². The second kappa shape index (κ2) is 5.61. The first-order valence-corrected chi connectivity index (χ1v) is 7.48. The summed E-state index contributed by atoms with van der Waals surface area (Å²) in [6.45, 7) is 2.41. The number of benzene rings is 1. The third kappa shape index (κ3) is 2.76. The number of ether oxygens (including phenoxy) is 1. The Bertz CT molecular complexity index is 765. The minimum absolute atomic E-state index is 0.0755. The zero-order valence-electron chi connectivity index (χ0n) is 13.2. The van der Waals surface area contributed by atoms with Gasteiger partial charge in [0, 0.05) is 30.1 Å². The van der Waals surface area contributed by atoms with Gasteiger partial charge in [0.25, 0.3) is 0 Å². The van der Waals surface area contributed by atoms with Crippen molar-refractivity contribution in [3.8, 4) is 5.75 Å². The summed E-state index contributed by atoms with van der Waals surface area (Å²) < 4.78 is 10.6. The van der Waals surface area contributed by atoms with E-state index in [4.69, 9.17) is 9.15 Å². The van der Waals surface area contributed by atoms with Crippen molar-refractivity contribution in [1.29, 1.82) is 0 Å². The number of fused-ring (bicyclic) bond motifs is 1. The Morgan fingerprint density at radius 2 is 2.22 bits per heavy atom. The zero-order chi connectivity index (χ0) is 16.6. The third-order valence-corrected chi connectivity index (χ3v) is 4.55. The van der Waals surface area contributed by atoms with Crippen LogP contribution in [0.25, 0.3) is 11.0 Å². The molecule has 23 heavy (non-hydrogen) atoms. The highest BCUT2D eigenvalue weighted by Crippen LogP contribution is 2.31. The van der Waals surface area contributed by atoms with Crippen molar-refractivity contribution in [2.45, 2.75) is 19.8 Å². The topological polar surface area (TPSA) is 80.0 Å². The van der Waals surface area contributed by atoms with Gasteiger partial charge in [0.15, 0.2) is 0 Å². The smallest absolute Gasteiger partial charge is 0.311 e. The summed E-state index contributed by atoms with van der Waals surface area (Å²) in [4.78, 5) is 25.4. The average Bonchev–Trinajstić information content (AvgIpc) is 3.12. The molecule has 2 heterocycles. The second-order valence-corrected chi connectivity index (χ2v) is 6.23. The number of rotatable bonds is 4. The van der Waals surface area contributed by atoms with E-state index in [1.807, 2.05) is 12.1 Å². The molecule has 1 aliphatic heterocycles. The summed E-state index contributed by atoms with van der Waals surface area (Å²) in [5.41, 5.74) is 0.627. The molecule has 1 aromatic carbocycles. The first-order valence-electron chi connectivity index (χ1n) is 7.48. The maximum Gasteiger partial charge on any atom is 0.311 e. The second-order valence-electron chi connectivity index (χ2n) is 6.23. The fourth-order valence-corrected chi connectivity index (χ4v) is 2.95. The molecule has 6 heteroatoms. The van der Waals surface area contributed by atoms with Crippen LogP contribution in [0, 0.1) is 5.41 Å². The maximum atomic E-state index is 12.5. The largest absolute Gasteiger partial charge is 0.497 e. The summed E-state index contributed by atoms with van der Waals surface area (Å²) in [5.74, 6) is -0.233. The molecule has 0 saturated carbocycles. The number of carbonyl (C=O) groups is 2. The summed E-state index contributed by atoms with van der Waals surface area (Å²) in [5, 5.41) is 10.1. The monoisotopic (exact) mass is 317 g/mol. The average molecular weight is 317 g/mol. The van der Waals surface area contributed by atoms with Gasteiger partial charge in [-0.05, 0) is 25.5 Å². The van der Waals surface area contributed by atoms with Gasteiger partial charge in [-0.25, -0.2) is 0 Å². The lowest BCUT2D eigenvalue weighted by Crippen LogP contribution is -2.35. The van der Waals surface area contributed by atoms with E-state index >= 15 is 0 Å². The molecule has 1 unspecified atom stereocenters. The number of furan rings is 1. The predicted molar refractivity (Wildman–Crippen MR) is 83.4 cm³/mol. The van der Waals surface area contributed by atoms with Gasteiger partial charge in [0.2, 0.25) is 5.91 Å². The Balaban J connectivity index is 1.75. The lowest BCUT2D eigenvalue weighted by molar-refractivity contribution is -0.147. The number of likely N-dealkylation sites (tertiary alicyclic amines) is 1. The molecule has 1 atom stereocenters. The normalized spacial score (nSPS) is 20.9. The number of amides is 1. The van der Waals surface area contributed by atoms with E-state index in [1.54, 1.807) is 31.3 Å². The van der Waals surface area contributed by atoms with Gasteiger partial charge in [0.05, 0.1) is 25.2 Å². The van der Waals surface area contributed by atoms with Crippen LogP contribution in [0.1, 0.15) is 18.9 Å². The van der Waals surface area contributed by atoms with Crippen molar-refractivity contribution in [2.75, 3.05) is 20.2 Å². The highest BCUT2D eigenvalue weighted by atomic mass is 16.5. The first-order chi connectivity index (χ1) is 10.9. The van der Waals surface area contributed by atoms with Crippen LogP contribution < -0.4 is 4.74 Å². The van der Waals surface area contributed by atoms with Crippen LogP contribution >= 0.6 is 0 Å². The van der Waals surface area contributed by atoms with Crippen LogP contribution in [-0.4, -0.2) is 42.1 Å². The Morgan fingerprint density at radius 1 is 1.43 bits per heavy atom. The number of carbonyl (C=O) groups excluding carboxylic acids is 1. The molecule has 0 spiro atoms. The lowest BCUT2D eigenvalue weighted by Gasteiger charge is -2.20. The number of carboxylic acid groups (broad SMARTS) is 1. The molecular formula is C17H19NO5. The van der Waals surface area contributed by atoms with Crippen LogP contribution in [0.2, 0.25) is 0 Å². The quantitative estimate of drug-likeness (QED) is 0.936. The highest BCUT2D eigenvalue weighted by molar-refractivity contribution is 5.89. The van der Waals surface area contributed by atoms with Gasteiger partial charge in [-0.15, -0.1) is 0 Å². The van der Waals surface area contributed by atoms with Crippen LogP contribution in [0.5, 0.6) is 5.75 Å². The van der Waals surface area contributed by atoms with E-state index in [9.17, 15) is 14.7 Å². The Labute approximate surface area is 133 Å². The molecule has 1 amide bonds. The Kier molecular flexibility index (Phi) is 3.75. The lowest BCUT2D eigenvalue weighted by atomic mass is 9.90. The first kappa shape index (κ1) is 15.4. The number of aliphatic carboxylic acids is 1. The molecule has 1 saturated heterocycles. The van der Waals surface area contributed by atoms with Crippen molar-refractivity contribution in [1.82, 2.24) is 4.90 Å².